The first kappa shape index (κ1) is 28.9. The number of aromatic nitrogens is 2. The molecular weight excluding hydrogens is 640 g/mol. The SMILES string of the molecule is CCOc1cc(C=Nn2c(-c3cc4cc(Cl)ccc4o3)nc3ccccc3c2=O)c(Br)cc1OCC(=O)N1CCOCC1. The summed E-state index contributed by atoms with van der Waals surface area (Å²) < 4.78 is 24.9. The number of carbonyl (C=O) groups is 1. The van der Waals surface area contributed by atoms with Crippen LogP contribution in [0.15, 0.2) is 79.4 Å². The highest BCUT2D eigenvalue weighted by Crippen LogP contribution is 2.34. The first-order valence-electron chi connectivity index (χ1n) is 13.6. The molecule has 1 amide bonds. The van der Waals surface area contributed by atoms with Crippen molar-refractivity contribution in [1.29, 1.82) is 0 Å². The molecule has 1 aliphatic heterocycles. The number of para-hydroxylation sites is 1. The number of carbonyl (C=O) groups excluding carboxylic acids is 1. The maximum Gasteiger partial charge on any atom is 0.282 e. The fraction of sp³-hybridized carbons (Fsp3) is 0.226. The highest BCUT2D eigenvalue weighted by molar-refractivity contribution is 9.10. The zero-order chi connectivity index (χ0) is 29.9. The molecule has 220 valence electrons. The Morgan fingerprint density at radius 1 is 1.09 bits per heavy atom. The predicted molar refractivity (Wildman–Crippen MR) is 167 cm³/mol. The van der Waals surface area contributed by atoms with Crippen molar-refractivity contribution in [3.8, 4) is 23.1 Å². The lowest BCUT2D eigenvalue weighted by Gasteiger charge is -2.26. The fourth-order valence-electron chi connectivity index (χ4n) is 4.71. The van der Waals surface area contributed by atoms with E-state index >= 15 is 0 Å². The maximum atomic E-state index is 13.6. The normalized spacial score (nSPS) is 13.7. The van der Waals surface area contributed by atoms with Crippen LogP contribution in [-0.2, 0) is 9.53 Å². The van der Waals surface area contributed by atoms with Crippen LogP contribution >= 0.6 is 27.5 Å². The summed E-state index contributed by atoms with van der Waals surface area (Å²) in [6.07, 6.45) is 1.52. The summed E-state index contributed by atoms with van der Waals surface area (Å²) in [6, 6.07) is 17.5. The summed E-state index contributed by atoms with van der Waals surface area (Å²) >= 11 is 9.74. The van der Waals surface area contributed by atoms with Crippen LogP contribution < -0.4 is 15.0 Å². The summed E-state index contributed by atoms with van der Waals surface area (Å²) in [5, 5.41) is 6.29. The molecule has 2 aromatic heterocycles. The van der Waals surface area contributed by atoms with Crippen molar-refractivity contribution in [2.24, 2.45) is 5.10 Å². The smallest absolute Gasteiger partial charge is 0.282 e. The number of nitrogens with zero attached hydrogens (tertiary/aromatic N) is 4. The standard InChI is InChI=1S/C31H26BrClN4O6/c1-2-41-26-15-20(23(32)16-27(26)42-18-29(38)36-9-11-40-12-10-36)17-34-37-30(35-24-6-4-3-5-22(24)31(37)39)28-14-19-13-21(33)7-8-25(19)43-28/h3-8,13-17H,2,9-12,18H2,1H3. The van der Waals surface area contributed by atoms with Gasteiger partial charge in [0, 0.05) is 33.5 Å². The molecule has 3 heterocycles. The quantitative estimate of drug-likeness (QED) is 0.195. The molecule has 5 aromatic rings. The van der Waals surface area contributed by atoms with E-state index < -0.39 is 0 Å². The number of halogens is 2. The first-order valence-corrected chi connectivity index (χ1v) is 14.8. The van der Waals surface area contributed by atoms with Crippen molar-refractivity contribution in [3.63, 3.8) is 0 Å². The fourth-order valence-corrected chi connectivity index (χ4v) is 5.31. The number of hydrogen-bond donors (Lipinski definition) is 0. The van der Waals surface area contributed by atoms with E-state index in [2.05, 4.69) is 21.0 Å². The number of ether oxygens (including phenoxy) is 3. The van der Waals surface area contributed by atoms with Crippen LogP contribution in [0.2, 0.25) is 5.02 Å². The third-order valence-corrected chi connectivity index (χ3v) is 7.76. The second-order valence-electron chi connectivity index (χ2n) is 9.64. The van der Waals surface area contributed by atoms with Gasteiger partial charge in [-0.1, -0.05) is 23.7 Å². The van der Waals surface area contributed by atoms with Gasteiger partial charge in [-0.3, -0.25) is 9.59 Å². The molecule has 43 heavy (non-hydrogen) atoms. The lowest BCUT2D eigenvalue weighted by molar-refractivity contribution is -0.137. The van der Waals surface area contributed by atoms with E-state index in [0.29, 0.717) is 81.7 Å². The van der Waals surface area contributed by atoms with Crippen molar-refractivity contribution in [2.75, 3.05) is 39.5 Å². The minimum Gasteiger partial charge on any atom is -0.490 e. The van der Waals surface area contributed by atoms with Crippen LogP contribution in [0.1, 0.15) is 12.5 Å². The van der Waals surface area contributed by atoms with E-state index in [-0.39, 0.29) is 23.9 Å². The molecule has 0 aliphatic carbocycles. The van der Waals surface area contributed by atoms with E-state index in [1.807, 2.05) is 13.0 Å². The molecule has 6 rings (SSSR count). The third-order valence-electron chi connectivity index (χ3n) is 6.84. The highest BCUT2D eigenvalue weighted by Gasteiger charge is 2.20. The highest BCUT2D eigenvalue weighted by atomic mass is 79.9. The van der Waals surface area contributed by atoms with Gasteiger partial charge in [-0.05, 0) is 71.4 Å². The number of furan rings is 1. The molecule has 12 heteroatoms. The summed E-state index contributed by atoms with van der Waals surface area (Å²) in [4.78, 5) is 32.7. The average molecular weight is 666 g/mol. The summed E-state index contributed by atoms with van der Waals surface area (Å²) in [5.41, 5.74) is 1.36. The number of fused-ring (bicyclic) bond motifs is 2. The molecule has 1 aliphatic rings. The molecule has 0 bridgehead atoms. The number of amides is 1. The topological polar surface area (TPSA) is 108 Å². The van der Waals surface area contributed by atoms with Gasteiger partial charge in [-0.25, -0.2) is 4.98 Å². The van der Waals surface area contributed by atoms with Gasteiger partial charge in [0.05, 0.1) is 36.9 Å². The van der Waals surface area contributed by atoms with Gasteiger partial charge in [0.1, 0.15) is 5.58 Å². The minimum atomic E-state index is -0.363. The molecule has 0 atom stereocenters. The van der Waals surface area contributed by atoms with Crippen LogP contribution in [0.4, 0.5) is 0 Å². The Morgan fingerprint density at radius 3 is 2.70 bits per heavy atom. The molecule has 1 saturated heterocycles. The Morgan fingerprint density at radius 2 is 1.88 bits per heavy atom. The van der Waals surface area contributed by atoms with E-state index in [0.717, 1.165) is 5.39 Å². The van der Waals surface area contributed by atoms with Gasteiger partial charge < -0.3 is 23.5 Å². The van der Waals surface area contributed by atoms with Crippen LogP contribution in [0, 0.1) is 0 Å². The van der Waals surface area contributed by atoms with Crippen molar-refractivity contribution in [1.82, 2.24) is 14.6 Å². The largest absolute Gasteiger partial charge is 0.490 e. The lowest BCUT2D eigenvalue weighted by Crippen LogP contribution is -2.43. The Labute approximate surface area is 259 Å². The Balaban J connectivity index is 1.36. The van der Waals surface area contributed by atoms with Crippen LogP contribution in [0.5, 0.6) is 11.5 Å². The van der Waals surface area contributed by atoms with Gasteiger partial charge >= 0.3 is 0 Å². The molecule has 1 fully saturated rings. The minimum absolute atomic E-state index is 0.129. The Hall–Kier alpha value is -4.19. The van der Waals surface area contributed by atoms with Gasteiger partial charge in [-0.15, -0.1) is 0 Å². The molecule has 0 spiro atoms. The average Bonchev–Trinajstić information content (AvgIpc) is 3.44. The zero-order valence-electron chi connectivity index (χ0n) is 23.1. The van der Waals surface area contributed by atoms with Crippen LogP contribution in [-0.4, -0.2) is 66.2 Å². The second kappa shape index (κ2) is 12.6. The maximum absolute atomic E-state index is 13.6. The van der Waals surface area contributed by atoms with E-state index in [4.69, 9.17) is 35.2 Å². The molecule has 0 saturated carbocycles. The van der Waals surface area contributed by atoms with Crippen molar-refractivity contribution >= 4 is 61.5 Å². The Bertz CT molecular complexity index is 1910. The van der Waals surface area contributed by atoms with E-state index in [9.17, 15) is 9.59 Å². The van der Waals surface area contributed by atoms with Gasteiger partial charge in [0.2, 0.25) is 5.82 Å². The molecule has 0 radical (unpaired) electrons. The second-order valence-corrected chi connectivity index (χ2v) is 10.9. The number of morpholine rings is 1. The van der Waals surface area contributed by atoms with Gasteiger partial charge in [-0.2, -0.15) is 9.78 Å². The summed E-state index contributed by atoms with van der Waals surface area (Å²) in [5.74, 6) is 1.30. The van der Waals surface area contributed by atoms with Crippen LogP contribution in [0.25, 0.3) is 33.5 Å². The summed E-state index contributed by atoms with van der Waals surface area (Å²) in [7, 11) is 0. The zero-order valence-corrected chi connectivity index (χ0v) is 25.4. The van der Waals surface area contributed by atoms with Gasteiger partial charge in [0.15, 0.2) is 23.9 Å². The molecule has 0 N–H and O–H groups in total. The van der Waals surface area contributed by atoms with Crippen molar-refractivity contribution in [3.05, 3.63) is 86.1 Å². The predicted octanol–water partition coefficient (Wildman–Crippen LogP) is 5.74. The number of benzene rings is 3. The number of hydrogen-bond acceptors (Lipinski definition) is 8. The van der Waals surface area contributed by atoms with E-state index in [1.165, 1.54) is 10.9 Å². The molecule has 10 nitrogen and oxygen atoms in total. The summed E-state index contributed by atoms with van der Waals surface area (Å²) in [6.45, 7) is 4.18. The molecule has 3 aromatic carbocycles. The lowest BCUT2D eigenvalue weighted by atomic mass is 10.2. The first-order chi connectivity index (χ1) is 20.9. The number of rotatable bonds is 8. The Kier molecular flexibility index (Phi) is 8.46. The van der Waals surface area contributed by atoms with E-state index in [1.54, 1.807) is 59.5 Å². The molecular formula is C31H26BrClN4O6. The van der Waals surface area contributed by atoms with Crippen LogP contribution in [0.3, 0.4) is 0 Å². The third kappa shape index (κ3) is 6.15. The monoisotopic (exact) mass is 664 g/mol. The van der Waals surface area contributed by atoms with Gasteiger partial charge in [0.25, 0.3) is 11.5 Å². The van der Waals surface area contributed by atoms with Crippen molar-refractivity contribution < 1.29 is 23.4 Å². The molecule has 0 unspecified atom stereocenters. The van der Waals surface area contributed by atoms with Crippen molar-refractivity contribution in [2.45, 2.75) is 6.92 Å².